The summed E-state index contributed by atoms with van der Waals surface area (Å²) in [7, 11) is 0. The summed E-state index contributed by atoms with van der Waals surface area (Å²) in [6.45, 7) is 7.43. The summed E-state index contributed by atoms with van der Waals surface area (Å²) in [5.74, 6) is 3.63. The van der Waals surface area contributed by atoms with E-state index in [1.807, 2.05) is 30.5 Å². The minimum atomic E-state index is -0.341. The Balaban J connectivity index is 1.61. The maximum Gasteiger partial charge on any atom is 0.243 e. The van der Waals surface area contributed by atoms with E-state index in [1.54, 1.807) is 29.0 Å². The number of carbonyl (C=O) groups excluding carboxylic acids is 2. The first-order chi connectivity index (χ1) is 12.5. The SMILES string of the molecule is CC(C)C(C(=O)N[C@@H]1CN(C(=O)C2CSCCS2)C[C@@H]1C)n1cnnc1. The fourth-order valence-corrected chi connectivity index (χ4v) is 6.20. The highest BCUT2D eigenvalue weighted by Crippen LogP contribution is 2.28. The van der Waals surface area contributed by atoms with Gasteiger partial charge in [-0.2, -0.15) is 11.8 Å². The second-order valence-electron chi connectivity index (χ2n) is 7.37. The molecule has 1 N–H and O–H groups in total. The maximum absolute atomic E-state index is 12.9. The number of aromatic nitrogens is 3. The average Bonchev–Trinajstić information content (AvgIpc) is 3.25. The highest BCUT2D eigenvalue weighted by atomic mass is 32.2. The predicted octanol–water partition coefficient (Wildman–Crippen LogP) is 1.29. The molecular weight excluding hydrogens is 370 g/mol. The van der Waals surface area contributed by atoms with Crippen LogP contribution in [0.25, 0.3) is 0 Å². The number of rotatable bonds is 5. The van der Waals surface area contributed by atoms with Crippen LogP contribution in [0.1, 0.15) is 26.8 Å². The Morgan fingerprint density at radius 3 is 2.54 bits per heavy atom. The molecule has 3 heterocycles. The molecular formula is C17H27N5O2S2. The van der Waals surface area contributed by atoms with Crippen LogP contribution in [0.3, 0.4) is 0 Å². The van der Waals surface area contributed by atoms with Crippen LogP contribution in [0.5, 0.6) is 0 Å². The molecule has 3 rings (SSSR count). The second-order valence-corrected chi connectivity index (χ2v) is 9.83. The van der Waals surface area contributed by atoms with E-state index >= 15 is 0 Å². The van der Waals surface area contributed by atoms with Gasteiger partial charge in [0.1, 0.15) is 18.7 Å². The fourth-order valence-electron chi connectivity index (χ4n) is 3.57. The third kappa shape index (κ3) is 4.36. The largest absolute Gasteiger partial charge is 0.349 e. The van der Waals surface area contributed by atoms with E-state index in [-0.39, 0.29) is 41.0 Å². The van der Waals surface area contributed by atoms with Crippen molar-refractivity contribution in [2.24, 2.45) is 11.8 Å². The van der Waals surface area contributed by atoms with Gasteiger partial charge in [-0.05, 0) is 11.8 Å². The Morgan fingerprint density at radius 2 is 1.92 bits per heavy atom. The lowest BCUT2D eigenvalue weighted by Crippen LogP contribution is -2.45. The van der Waals surface area contributed by atoms with Gasteiger partial charge in [0.05, 0.1) is 11.3 Å². The maximum atomic E-state index is 12.9. The summed E-state index contributed by atoms with van der Waals surface area (Å²) < 4.78 is 1.75. The lowest BCUT2D eigenvalue weighted by atomic mass is 10.0. The summed E-state index contributed by atoms with van der Waals surface area (Å²) in [6, 6.07) is -0.349. The van der Waals surface area contributed by atoms with Crippen molar-refractivity contribution in [3.8, 4) is 0 Å². The zero-order valence-electron chi connectivity index (χ0n) is 15.5. The highest BCUT2D eigenvalue weighted by molar-refractivity contribution is 8.07. The number of carbonyl (C=O) groups is 2. The van der Waals surface area contributed by atoms with E-state index in [0.717, 1.165) is 17.3 Å². The Bertz CT molecular complexity index is 619. The second kappa shape index (κ2) is 8.65. The van der Waals surface area contributed by atoms with E-state index in [2.05, 4.69) is 22.4 Å². The van der Waals surface area contributed by atoms with Crippen molar-refractivity contribution in [3.05, 3.63) is 12.7 Å². The van der Waals surface area contributed by atoms with Gasteiger partial charge in [-0.15, -0.1) is 22.0 Å². The van der Waals surface area contributed by atoms with Crippen LogP contribution in [0.15, 0.2) is 12.7 Å². The summed E-state index contributed by atoms with van der Waals surface area (Å²) in [5, 5.41) is 10.9. The van der Waals surface area contributed by atoms with Crippen LogP contribution in [0, 0.1) is 11.8 Å². The van der Waals surface area contributed by atoms with Crippen molar-refractivity contribution >= 4 is 35.3 Å². The average molecular weight is 398 g/mol. The molecule has 0 aliphatic carbocycles. The molecule has 144 valence electrons. The number of hydrogen-bond donors (Lipinski definition) is 1. The van der Waals surface area contributed by atoms with Crippen LogP contribution < -0.4 is 5.32 Å². The summed E-state index contributed by atoms with van der Waals surface area (Å²) in [6.07, 6.45) is 3.16. The molecule has 7 nitrogen and oxygen atoms in total. The van der Waals surface area contributed by atoms with Gasteiger partial charge < -0.3 is 14.8 Å². The fraction of sp³-hybridized carbons (Fsp3) is 0.765. The molecule has 0 bridgehead atoms. The topological polar surface area (TPSA) is 80.1 Å². The molecule has 9 heteroatoms. The number of nitrogens with one attached hydrogen (secondary N) is 1. The Kier molecular flexibility index (Phi) is 6.50. The van der Waals surface area contributed by atoms with Gasteiger partial charge in [0.2, 0.25) is 11.8 Å². The van der Waals surface area contributed by atoms with Crippen molar-refractivity contribution in [2.45, 2.75) is 38.1 Å². The number of amides is 2. The smallest absolute Gasteiger partial charge is 0.243 e. The number of likely N-dealkylation sites (tertiary alicyclic amines) is 1. The lowest BCUT2D eigenvalue weighted by molar-refractivity contribution is -0.130. The Labute approximate surface area is 163 Å². The summed E-state index contributed by atoms with van der Waals surface area (Å²) in [4.78, 5) is 27.6. The molecule has 2 fully saturated rings. The molecule has 1 aromatic rings. The molecule has 2 saturated heterocycles. The van der Waals surface area contributed by atoms with Gasteiger partial charge in [0, 0.05) is 30.3 Å². The van der Waals surface area contributed by atoms with Gasteiger partial charge in [-0.1, -0.05) is 20.8 Å². The number of hydrogen-bond acceptors (Lipinski definition) is 6. The third-order valence-corrected chi connectivity index (χ3v) is 7.74. The minimum absolute atomic E-state index is 0.00887. The highest BCUT2D eigenvalue weighted by Gasteiger charge is 2.38. The monoisotopic (exact) mass is 397 g/mol. The lowest BCUT2D eigenvalue weighted by Gasteiger charge is -2.26. The van der Waals surface area contributed by atoms with Crippen LogP contribution in [0.4, 0.5) is 0 Å². The standard InChI is InChI=1S/C17H27N5O2S2/c1-11(2)15(22-9-18-19-10-22)16(23)20-13-7-21(6-12(13)3)17(24)14-8-25-4-5-26-14/h9-15H,4-8H2,1-3H3,(H,20,23)/t12-,13+,14?,15?/m0/s1. The van der Waals surface area contributed by atoms with Crippen molar-refractivity contribution in [2.75, 3.05) is 30.3 Å². The molecule has 0 aromatic carbocycles. The van der Waals surface area contributed by atoms with Crippen LogP contribution >= 0.6 is 23.5 Å². The molecule has 0 saturated carbocycles. The van der Waals surface area contributed by atoms with E-state index in [1.165, 1.54) is 0 Å². The Morgan fingerprint density at radius 1 is 1.19 bits per heavy atom. The van der Waals surface area contributed by atoms with Gasteiger partial charge in [-0.25, -0.2) is 0 Å². The number of thioether (sulfide) groups is 2. The predicted molar refractivity (Wildman–Crippen MR) is 105 cm³/mol. The van der Waals surface area contributed by atoms with Crippen molar-refractivity contribution in [1.29, 1.82) is 0 Å². The normalized spacial score (nSPS) is 27.5. The van der Waals surface area contributed by atoms with E-state index in [9.17, 15) is 9.59 Å². The van der Waals surface area contributed by atoms with Gasteiger partial charge in [0.25, 0.3) is 0 Å². The summed E-state index contributed by atoms with van der Waals surface area (Å²) in [5.41, 5.74) is 0. The quantitative estimate of drug-likeness (QED) is 0.806. The molecule has 2 unspecified atom stereocenters. The van der Waals surface area contributed by atoms with Gasteiger partial charge in [-0.3, -0.25) is 9.59 Å². The van der Waals surface area contributed by atoms with Gasteiger partial charge in [0.15, 0.2) is 0 Å². The van der Waals surface area contributed by atoms with Crippen molar-refractivity contribution in [3.63, 3.8) is 0 Å². The van der Waals surface area contributed by atoms with Crippen molar-refractivity contribution < 1.29 is 9.59 Å². The first-order valence-electron chi connectivity index (χ1n) is 9.10. The summed E-state index contributed by atoms with van der Waals surface area (Å²) >= 11 is 3.62. The molecule has 0 radical (unpaired) electrons. The zero-order chi connectivity index (χ0) is 18.7. The molecule has 2 aliphatic heterocycles. The minimum Gasteiger partial charge on any atom is -0.349 e. The third-order valence-electron chi connectivity index (χ3n) is 5.00. The first-order valence-corrected chi connectivity index (χ1v) is 11.3. The Hall–Kier alpha value is -1.22. The van der Waals surface area contributed by atoms with E-state index < -0.39 is 0 Å². The van der Waals surface area contributed by atoms with Crippen LogP contribution in [-0.4, -0.2) is 73.1 Å². The van der Waals surface area contributed by atoms with Crippen molar-refractivity contribution in [1.82, 2.24) is 25.0 Å². The van der Waals surface area contributed by atoms with Crippen LogP contribution in [0.2, 0.25) is 0 Å². The molecule has 2 aliphatic rings. The van der Waals surface area contributed by atoms with Gasteiger partial charge >= 0.3 is 0 Å². The first kappa shape index (κ1) is 19.5. The molecule has 0 spiro atoms. The molecule has 4 atom stereocenters. The molecule has 2 amide bonds. The van der Waals surface area contributed by atoms with Crippen LogP contribution in [-0.2, 0) is 9.59 Å². The van der Waals surface area contributed by atoms with E-state index in [4.69, 9.17) is 0 Å². The zero-order valence-corrected chi connectivity index (χ0v) is 17.1. The molecule has 26 heavy (non-hydrogen) atoms. The molecule has 1 aromatic heterocycles. The number of nitrogens with zero attached hydrogens (tertiary/aromatic N) is 4. The van der Waals surface area contributed by atoms with E-state index in [0.29, 0.717) is 13.1 Å².